The molecule has 2 aliphatic rings. The molecule has 5 nitrogen and oxygen atoms in total. The molecule has 0 aromatic heterocycles. The summed E-state index contributed by atoms with van der Waals surface area (Å²) >= 11 is 0. The summed E-state index contributed by atoms with van der Waals surface area (Å²) in [5.74, 6) is 2.61. The molecule has 0 fully saturated rings. The van der Waals surface area contributed by atoms with E-state index in [2.05, 4.69) is 35.3 Å². The van der Waals surface area contributed by atoms with Crippen LogP contribution in [0.3, 0.4) is 0 Å². The molecule has 0 bridgehead atoms. The van der Waals surface area contributed by atoms with Crippen molar-refractivity contribution in [3.8, 4) is 17.2 Å². The number of hydrogen-bond acceptors (Lipinski definition) is 5. The number of hydrazone groups is 1. The molecule has 158 valence electrons. The molecule has 0 N–H and O–H groups in total. The largest absolute Gasteiger partial charge is 0.494 e. The molecule has 0 unspecified atom stereocenters. The van der Waals surface area contributed by atoms with Crippen LogP contribution in [-0.2, 0) is 0 Å². The first-order valence-electron chi connectivity index (χ1n) is 10.8. The minimum atomic E-state index is -0.345. The van der Waals surface area contributed by atoms with E-state index in [1.54, 1.807) is 0 Å². The van der Waals surface area contributed by atoms with Gasteiger partial charge in [-0.1, -0.05) is 30.3 Å². The highest BCUT2D eigenvalue weighted by Crippen LogP contribution is 2.48. The van der Waals surface area contributed by atoms with Crippen LogP contribution >= 0.6 is 0 Å². The van der Waals surface area contributed by atoms with Gasteiger partial charge in [-0.3, -0.25) is 0 Å². The second kappa shape index (κ2) is 8.34. The van der Waals surface area contributed by atoms with E-state index in [-0.39, 0.29) is 12.3 Å². The van der Waals surface area contributed by atoms with Gasteiger partial charge < -0.3 is 14.2 Å². The number of rotatable bonds is 6. The highest BCUT2D eigenvalue weighted by Gasteiger charge is 2.41. The van der Waals surface area contributed by atoms with Crippen molar-refractivity contribution in [3.05, 3.63) is 89.5 Å². The summed E-state index contributed by atoms with van der Waals surface area (Å²) in [6, 6.07) is 24.6. The molecule has 3 aromatic rings. The molecule has 0 aliphatic carbocycles. The van der Waals surface area contributed by atoms with Crippen LogP contribution in [0.4, 0.5) is 0 Å². The average molecular weight is 415 g/mol. The molecule has 0 radical (unpaired) electrons. The van der Waals surface area contributed by atoms with Gasteiger partial charge in [0.1, 0.15) is 17.2 Å². The Kier molecular flexibility index (Phi) is 5.24. The average Bonchev–Trinajstić information content (AvgIpc) is 3.26. The van der Waals surface area contributed by atoms with E-state index < -0.39 is 0 Å². The summed E-state index contributed by atoms with van der Waals surface area (Å²) in [6.45, 7) is 5.24. The van der Waals surface area contributed by atoms with Gasteiger partial charge in [-0.15, -0.1) is 0 Å². The van der Waals surface area contributed by atoms with E-state index >= 15 is 0 Å². The van der Waals surface area contributed by atoms with Crippen molar-refractivity contribution in [3.63, 3.8) is 0 Å². The smallest absolute Gasteiger partial charge is 0.217 e. The lowest BCUT2D eigenvalue weighted by Gasteiger charge is -2.38. The molecular weight excluding hydrogens is 388 g/mol. The van der Waals surface area contributed by atoms with E-state index in [9.17, 15) is 0 Å². The Balaban J connectivity index is 1.54. The molecule has 2 heterocycles. The van der Waals surface area contributed by atoms with Gasteiger partial charge in [0.2, 0.25) is 6.23 Å². The maximum Gasteiger partial charge on any atom is 0.217 e. The van der Waals surface area contributed by atoms with Crippen molar-refractivity contribution < 1.29 is 14.2 Å². The third kappa shape index (κ3) is 3.61. The lowest BCUT2D eigenvalue weighted by molar-refractivity contribution is -0.0205. The Hall–Kier alpha value is -3.47. The molecule has 0 saturated carbocycles. The Labute approximate surface area is 182 Å². The van der Waals surface area contributed by atoms with Crippen LogP contribution in [0.1, 0.15) is 49.2 Å². The van der Waals surface area contributed by atoms with Crippen LogP contribution in [-0.4, -0.2) is 23.9 Å². The lowest BCUT2D eigenvalue weighted by atomic mass is 9.96. The number of nitrogens with zero attached hydrogens (tertiary/aromatic N) is 2. The highest BCUT2D eigenvalue weighted by atomic mass is 16.5. The van der Waals surface area contributed by atoms with Gasteiger partial charge in [-0.05, 0) is 61.9 Å². The summed E-state index contributed by atoms with van der Waals surface area (Å²) in [4.78, 5) is 0. The monoisotopic (exact) mass is 414 g/mol. The molecule has 2 atom stereocenters. The zero-order valence-electron chi connectivity index (χ0n) is 17.8. The van der Waals surface area contributed by atoms with E-state index in [1.807, 2.05) is 56.3 Å². The predicted molar refractivity (Wildman–Crippen MR) is 121 cm³/mol. The third-order valence-electron chi connectivity index (χ3n) is 5.68. The van der Waals surface area contributed by atoms with Crippen molar-refractivity contribution in [2.45, 2.75) is 32.5 Å². The number of benzene rings is 3. The molecular formula is C26H26N2O3. The van der Waals surface area contributed by atoms with Crippen molar-refractivity contribution in [2.24, 2.45) is 5.10 Å². The van der Waals surface area contributed by atoms with Crippen LogP contribution < -0.4 is 14.2 Å². The Morgan fingerprint density at radius 2 is 1.58 bits per heavy atom. The fourth-order valence-corrected chi connectivity index (χ4v) is 4.30. The lowest BCUT2D eigenvalue weighted by Crippen LogP contribution is -2.34. The zero-order chi connectivity index (χ0) is 21.2. The Morgan fingerprint density at radius 3 is 2.35 bits per heavy atom. The van der Waals surface area contributed by atoms with Gasteiger partial charge in [0.25, 0.3) is 0 Å². The van der Waals surface area contributed by atoms with Crippen molar-refractivity contribution in [1.82, 2.24) is 5.01 Å². The molecule has 0 saturated heterocycles. The molecule has 0 amide bonds. The highest BCUT2D eigenvalue weighted by molar-refractivity contribution is 6.02. The number of para-hydroxylation sites is 2. The molecule has 0 spiro atoms. The fraction of sp³-hybridized carbons (Fsp3) is 0.269. The van der Waals surface area contributed by atoms with E-state index in [1.165, 1.54) is 0 Å². The van der Waals surface area contributed by atoms with Gasteiger partial charge in [0, 0.05) is 12.0 Å². The van der Waals surface area contributed by atoms with Crippen LogP contribution in [0.2, 0.25) is 0 Å². The van der Waals surface area contributed by atoms with Crippen molar-refractivity contribution in [1.29, 1.82) is 0 Å². The van der Waals surface area contributed by atoms with Crippen molar-refractivity contribution >= 4 is 5.71 Å². The third-order valence-corrected chi connectivity index (χ3v) is 5.68. The van der Waals surface area contributed by atoms with Crippen LogP contribution in [0, 0.1) is 0 Å². The maximum atomic E-state index is 6.47. The van der Waals surface area contributed by atoms with Gasteiger partial charge in [-0.25, -0.2) is 5.01 Å². The molecule has 5 heteroatoms. The second-order valence-electron chi connectivity index (χ2n) is 7.58. The standard InChI is InChI=1S/C26H26N2O3/c1-3-29-19-15-13-18(14-16-19)22-17-23-20-9-5-8-12-25(20)31-26(28(23)27-22)21-10-6-7-11-24(21)30-4-2/h5-16,23,26H,3-4,17H2,1-2H3/t23-,26-/m1/s1. The summed E-state index contributed by atoms with van der Waals surface area (Å²) in [6.07, 6.45) is 0.477. The molecule has 2 aliphatic heterocycles. The number of hydrogen-bond donors (Lipinski definition) is 0. The SMILES string of the molecule is CCOc1ccc(C2=NN3[C@H](C2)c2ccccc2O[C@@H]3c2ccccc2OCC)cc1. The normalized spacial score (nSPS) is 19.2. The topological polar surface area (TPSA) is 43.3 Å². The molecule has 3 aromatic carbocycles. The fourth-order valence-electron chi connectivity index (χ4n) is 4.30. The van der Waals surface area contributed by atoms with E-state index in [0.29, 0.717) is 13.2 Å². The minimum absolute atomic E-state index is 0.117. The molecule has 31 heavy (non-hydrogen) atoms. The zero-order valence-corrected chi connectivity index (χ0v) is 17.8. The Morgan fingerprint density at radius 1 is 0.871 bits per heavy atom. The summed E-state index contributed by atoms with van der Waals surface area (Å²) in [5, 5.41) is 7.13. The van der Waals surface area contributed by atoms with Gasteiger partial charge in [0.05, 0.1) is 30.5 Å². The summed E-state index contributed by atoms with van der Waals surface area (Å²) < 4.78 is 18.0. The van der Waals surface area contributed by atoms with E-state index in [0.717, 1.165) is 46.1 Å². The van der Waals surface area contributed by atoms with Crippen LogP contribution in [0.15, 0.2) is 77.9 Å². The first kappa shape index (κ1) is 19.5. The molecule has 5 rings (SSSR count). The Bertz CT molecular complexity index is 1090. The first-order chi connectivity index (χ1) is 15.3. The summed E-state index contributed by atoms with van der Waals surface area (Å²) in [7, 11) is 0. The second-order valence-corrected chi connectivity index (χ2v) is 7.58. The minimum Gasteiger partial charge on any atom is -0.494 e. The number of ether oxygens (including phenoxy) is 3. The quantitative estimate of drug-likeness (QED) is 0.517. The van der Waals surface area contributed by atoms with Gasteiger partial charge in [0.15, 0.2) is 0 Å². The van der Waals surface area contributed by atoms with Crippen LogP contribution in [0.25, 0.3) is 0 Å². The predicted octanol–water partition coefficient (Wildman–Crippen LogP) is 5.73. The van der Waals surface area contributed by atoms with E-state index in [4.69, 9.17) is 19.3 Å². The summed E-state index contributed by atoms with van der Waals surface area (Å²) in [5.41, 5.74) is 4.30. The van der Waals surface area contributed by atoms with Gasteiger partial charge >= 0.3 is 0 Å². The van der Waals surface area contributed by atoms with Crippen molar-refractivity contribution in [2.75, 3.05) is 13.2 Å². The number of fused-ring (bicyclic) bond motifs is 3. The van der Waals surface area contributed by atoms with Crippen LogP contribution in [0.5, 0.6) is 17.2 Å². The maximum absolute atomic E-state index is 6.47. The first-order valence-corrected chi connectivity index (χ1v) is 10.8. The van der Waals surface area contributed by atoms with Gasteiger partial charge in [-0.2, -0.15) is 5.10 Å².